The standard InChI is InChI=1S/C16H23NO/c1-12-10-15(8-9-18-12)17-11-14-4-2-3-5-16(14)13-6-7-13/h2-5,12-13,15,17H,6-11H2,1H3. The summed E-state index contributed by atoms with van der Waals surface area (Å²) in [4.78, 5) is 0. The summed E-state index contributed by atoms with van der Waals surface area (Å²) in [6, 6.07) is 9.55. The second-order valence-electron chi connectivity index (χ2n) is 5.76. The number of hydrogen-bond acceptors (Lipinski definition) is 2. The van der Waals surface area contributed by atoms with Crippen LogP contribution < -0.4 is 5.32 Å². The summed E-state index contributed by atoms with van der Waals surface area (Å²) < 4.78 is 5.59. The zero-order chi connectivity index (χ0) is 12.4. The maximum Gasteiger partial charge on any atom is 0.0561 e. The van der Waals surface area contributed by atoms with Gasteiger partial charge < -0.3 is 10.1 Å². The molecular weight excluding hydrogens is 222 g/mol. The largest absolute Gasteiger partial charge is 0.378 e. The third-order valence-corrected chi connectivity index (χ3v) is 4.14. The molecule has 2 unspecified atom stereocenters. The highest BCUT2D eigenvalue weighted by Gasteiger charge is 2.26. The maximum absolute atomic E-state index is 5.59. The van der Waals surface area contributed by atoms with Gasteiger partial charge in [0, 0.05) is 19.2 Å². The van der Waals surface area contributed by atoms with Crippen molar-refractivity contribution in [3.63, 3.8) is 0 Å². The molecule has 2 nitrogen and oxygen atoms in total. The van der Waals surface area contributed by atoms with E-state index in [0.29, 0.717) is 12.1 Å². The van der Waals surface area contributed by atoms with Crippen LogP contribution in [0.1, 0.15) is 49.7 Å². The monoisotopic (exact) mass is 245 g/mol. The van der Waals surface area contributed by atoms with Crippen LogP contribution in [-0.2, 0) is 11.3 Å². The molecule has 2 heteroatoms. The first-order valence-corrected chi connectivity index (χ1v) is 7.25. The Morgan fingerprint density at radius 3 is 2.83 bits per heavy atom. The number of nitrogens with one attached hydrogen (secondary N) is 1. The van der Waals surface area contributed by atoms with Crippen LogP contribution in [0.25, 0.3) is 0 Å². The van der Waals surface area contributed by atoms with Gasteiger partial charge >= 0.3 is 0 Å². The fourth-order valence-electron chi connectivity index (χ4n) is 2.93. The van der Waals surface area contributed by atoms with Crippen molar-refractivity contribution < 1.29 is 4.74 Å². The highest BCUT2D eigenvalue weighted by molar-refractivity contribution is 5.33. The van der Waals surface area contributed by atoms with E-state index in [9.17, 15) is 0 Å². The lowest BCUT2D eigenvalue weighted by Crippen LogP contribution is -2.37. The first-order chi connectivity index (χ1) is 8.83. The van der Waals surface area contributed by atoms with Crippen LogP contribution in [0.2, 0.25) is 0 Å². The highest BCUT2D eigenvalue weighted by Crippen LogP contribution is 2.41. The Labute approximate surface area is 110 Å². The van der Waals surface area contributed by atoms with E-state index in [-0.39, 0.29) is 0 Å². The molecule has 98 valence electrons. The molecule has 2 aliphatic rings. The lowest BCUT2D eigenvalue weighted by molar-refractivity contribution is 0.0130. The number of benzene rings is 1. The minimum absolute atomic E-state index is 0.412. The Bertz CT molecular complexity index is 400. The van der Waals surface area contributed by atoms with Crippen molar-refractivity contribution in [2.45, 2.75) is 57.2 Å². The van der Waals surface area contributed by atoms with E-state index in [2.05, 4.69) is 36.5 Å². The third kappa shape index (κ3) is 2.93. The molecule has 2 fully saturated rings. The second kappa shape index (κ2) is 5.41. The van der Waals surface area contributed by atoms with Crippen molar-refractivity contribution in [2.75, 3.05) is 6.61 Å². The summed E-state index contributed by atoms with van der Waals surface area (Å²) in [6.45, 7) is 4.10. The molecule has 2 atom stereocenters. The zero-order valence-electron chi connectivity index (χ0n) is 11.2. The second-order valence-corrected chi connectivity index (χ2v) is 5.76. The first-order valence-electron chi connectivity index (χ1n) is 7.25. The summed E-state index contributed by atoms with van der Waals surface area (Å²) in [6.07, 6.45) is 5.47. The summed E-state index contributed by atoms with van der Waals surface area (Å²) in [5.74, 6) is 0.844. The molecule has 18 heavy (non-hydrogen) atoms. The third-order valence-electron chi connectivity index (χ3n) is 4.14. The van der Waals surface area contributed by atoms with E-state index in [1.54, 1.807) is 5.56 Å². The Kier molecular flexibility index (Phi) is 3.67. The Hall–Kier alpha value is -0.860. The summed E-state index contributed by atoms with van der Waals surface area (Å²) in [5, 5.41) is 3.71. The number of ether oxygens (including phenoxy) is 1. The van der Waals surface area contributed by atoms with Gasteiger partial charge in [0.05, 0.1) is 6.10 Å². The van der Waals surface area contributed by atoms with Gasteiger partial charge in [0.2, 0.25) is 0 Å². The van der Waals surface area contributed by atoms with Crippen molar-refractivity contribution in [2.24, 2.45) is 0 Å². The van der Waals surface area contributed by atoms with Crippen LogP contribution in [0.3, 0.4) is 0 Å². The van der Waals surface area contributed by atoms with E-state index in [4.69, 9.17) is 4.74 Å². The molecule has 1 aliphatic heterocycles. The lowest BCUT2D eigenvalue weighted by atomic mass is 10.0. The highest BCUT2D eigenvalue weighted by atomic mass is 16.5. The minimum Gasteiger partial charge on any atom is -0.378 e. The van der Waals surface area contributed by atoms with Gasteiger partial charge in [-0.1, -0.05) is 24.3 Å². The molecule has 3 rings (SSSR count). The van der Waals surface area contributed by atoms with Crippen LogP contribution >= 0.6 is 0 Å². The summed E-state index contributed by atoms with van der Waals surface area (Å²) in [5.41, 5.74) is 3.07. The van der Waals surface area contributed by atoms with Gasteiger partial charge in [0.15, 0.2) is 0 Å². The van der Waals surface area contributed by atoms with Gasteiger partial charge in [0.1, 0.15) is 0 Å². The van der Waals surface area contributed by atoms with E-state index < -0.39 is 0 Å². The molecule has 1 aromatic rings. The molecular formula is C16H23NO. The van der Waals surface area contributed by atoms with Gasteiger partial charge in [-0.3, -0.25) is 0 Å². The molecule has 0 spiro atoms. The fourth-order valence-corrected chi connectivity index (χ4v) is 2.93. The fraction of sp³-hybridized carbons (Fsp3) is 0.625. The SMILES string of the molecule is CC1CC(NCc2ccccc2C2CC2)CCO1. The predicted octanol–water partition coefficient (Wildman–Crippen LogP) is 3.22. The van der Waals surface area contributed by atoms with Crippen LogP contribution in [-0.4, -0.2) is 18.8 Å². The predicted molar refractivity (Wildman–Crippen MR) is 73.7 cm³/mol. The van der Waals surface area contributed by atoms with Gasteiger partial charge in [0.25, 0.3) is 0 Å². The average molecular weight is 245 g/mol. The molecule has 0 bridgehead atoms. The van der Waals surface area contributed by atoms with Gasteiger partial charge in [-0.2, -0.15) is 0 Å². The van der Waals surface area contributed by atoms with E-state index >= 15 is 0 Å². The maximum atomic E-state index is 5.59. The van der Waals surface area contributed by atoms with Crippen LogP contribution in [0.4, 0.5) is 0 Å². The molecule has 1 aromatic carbocycles. The van der Waals surface area contributed by atoms with Crippen molar-refractivity contribution in [3.8, 4) is 0 Å². The lowest BCUT2D eigenvalue weighted by Gasteiger charge is -2.28. The van der Waals surface area contributed by atoms with Crippen molar-refractivity contribution >= 4 is 0 Å². The molecule has 0 radical (unpaired) electrons. The topological polar surface area (TPSA) is 21.3 Å². The van der Waals surface area contributed by atoms with Gasteiger partial charge in [-0.15, -0.1) is 0 Å². The van der Waals surface area contributed by atoms with Crippen LogP contribution in [0.15, 0.2) is 24.3 Å². The van der Waals surface area contributed by atoms with E-state index in [1.807, 2.05) is 0 Å². The Morgan fingerprint density at radius 2 is 2.06 bits per heavy atom. The van der Waals surface area contributed by atoms with Crippen molar-refractivity contribution in [1.29, 1.82) is 0 Å². The van der Waals surface area contributed by atoms with Crippen molar-refractivity contribution in [1.82, 2.24) is 5.32 Å². The number of rotatable bonds is 4. The quantitative estimate of drug-likeness (QED) is 0.879. The summed E-state index contributed by atoms with van der Waals surface area (Å²) >= 11 is 0. The molecule has 1 heterocycles. The van der Waals surface area contributed by atoms with Crippen molar-refractivity contribution in [3.05, 3.63) is 35.4 Å². The molecule has 1 N–H and O–H groups in total. The molecule has 1 saturated heterocycles. The van der Waals surface area contributed by atoms with Gasteiger partial charge in [-0.05, 0) is 49.7 Å². The smallest absolute Gasteiger partial charge is 0.0561 e. The van der Waals surface area contributed by atoms with E-state index in [0.717, 1.165) is 31.9 Å². The first kappa shape index (κ1) is 12.2. The van der Waals surface area contributed by atoms with E-state index in [1.165, 1.54) is 18.4 Å². The normalized spacial score (nSPS) is 28.3. The molecule has 0 amide bonds. The number of hydrogen-bond donors (Lipinski definition) is 1. The Balaban J connectivity index is 1.59. The minimum atomic E-state index is 0.412. The van der Waals surface area contributed by atoms with Crippen LogP contribution in [0.5, 0.6) is 0 Å². The summed E-state index contributed by atoms with van der Waals surface area (Å²) in [7, 11) is 0. The Morgan fingerprint density at radius 1 is 1.22 bits per heavy atom. The van der Waals surface area contributed by atoms with Gasteiger partial charge in [-0.25, -0.2) is 0 Å². The molecule has 0 aromatic heterocycles. The average Bonchev–Trinajstić information content (AvgIpc) is 3.21. The van der Waals surface area contributed by atoms with Crippen LogP contribution in [0, 0.1) is 0 Å². The zero-order valence-corrected chi connectivity index (χ0v) is 11.2. The molecule has 1 saturated carbocycles. The molecule has 1 aliphatic carbocycles.